The summed E-state index contributed by atoms with van der Waals surface area (Å²) in [5.41, 5.74) is -0.416. The van der Waals surface area contributed by atoms with Gasteiger partial charge in [-0.2, -0.15) is 0 Å². The lowest BCUT2D eigenvalue weighted by atomic mass is 9.74. The normalized spacial score (nSPS) is 24.6. The van der Waals surface area contributed by atoms with Crippen LogP contribution in [0, 0.1) is 5.41 Å². The molecule has 0 bridgehead atoms. The Morgan fingerprint density at radius 3 is 2.35 bits per heavy atom. The number of hydrogen-bond donors (Lipinski definition) is 1. The zero-order valence-corrected chi connectivity index (χ0v) is 13.1. The minimum Gasteiger partial charge on any atom is -0.481 e. The molecular weight excluding hydrogens is 250 g/mol. The Bertz CT molecular complexity index is 302. The van der Waals surface area contributed by atoms with E-state index >= 15 is 0 Å². The summed E-state index contributed by atoms with van der Waals surface area (Å²) < 4.78 is 0. The van der Waals surface area contributed by atoms with E-state index in [9.17, 15) is 9.90 Å². The van der Waals surface area contributed by atoms with Crippen molar-refractivity contribution in [2.45, 2.75) is 83.6 Å². The fourth-order valence-corrected chi connectivity index (χ4v) is 4.05. The van der Waals surface area contributed by atoms with Crippen molar-refractivity contribution >= 4 is 5.97 Å². The number of likely N-dealkylation sites (tertiary alicyclic amines) is 1. The second kappa shape index (κ2) is 7.44. The Labute approximate surface area is 123 Å². The van der Waals surface area contributed by atoms with E-state index in [-0.39, 0.29) is 0 Å². The van der Waals surface area contributed by atoms with E-state index in [4.69, 9.17) is 0 Å². The third kappa shape index (κ3) is 3.75. The zero-order chi connectivity index (χ0) is 14.4. The van der Waals surface area contributed by atoms with E-state index in [2.05, 4.69) is 11.8 Å². The van der Waals surface area contributed by atoms with Crippen molar-refractivity contribution in [3.05, 3.63) is 0 Å². The Morgan fingerprint density at radius 1 is 1.15 bits per heavy atom. The quantitative estimate of drug-likeness (QED) is 0.746. The van der Waals surface area contributed by atoms with Crippen LogP contribution in [0.5, 0.6) is 0 Å². The van der Waals surface area contributed by atoms with Crippen molar-refractivity contribution in [2.24, 2.45) is 5.41 Å². The first-order chi connectivity index (χ1) is 9.68. The summed E-state index contributed by atoms with van der Waals surface area (Å²) in [6.45, 7) is 4.19. The SMILES string of the molecule is CCCCCC1(C(=O)O)CCN(C2CCCCC2)CC1. The topological polar surface area (TPSA) is 40.5 Å². The number of nitrogens with zero attached hydrogens (tertiary/aromatic N) is 1. The van der Waals surface area contributed by atoms with Crippen LogP contribution < -0.4 is 0 Å². The van der Waals surface area contributed by atoms with E-state index in [1.807, 2.05) is 0 Å². The lowest BCUT2D eigenvalue weighted by Gasteiger charge is -2.43. The number of unbranched alkanes of at least 4 members (excludes halogenated alkanes) is 2. The second-order valence-corrected chi connectivity index (χ2v) is 6.87. The standard InChI is InChI=1S/C17H31NO2/c1-2-3-7-10-17(16(19)20)11-13-18(14-12-17)15-8-5-4-6-9-15/h15H,2-14H2,1H3,(H,19,20). The smallest absolute Gasteiger partial charge is 0.309 e. The molecule has 0 radical (unpaired) electrons. The fraction of sp³-hybridized carbons (Fsp3) is 0.941. The van der Waals surface area contributed by atoms with Crippen LogP contribution in [0.25, 0.3) is 0 Å². The van der Waals surface area contributed by atoms with Gasteiger partial charge in [0.05, 0.1) is 5.41 Å². The minimum absolute atomic E-state index is 0.416. The molecule has 2 aliphatic rings. The Hall–Kier alpha value is -0.570. The van der Waals surface area contributed by atoms with Crippen LogP contribution in [0.4, 0.5) is 0 Å². The second-order valence-electron chi connectivity index (χ2n) is 6.87. The van der Waals surface area contributed by atoms with Gasteiger partial charge in [0.25, 0.3) is 0 Å². The third-order valence-corrected chi connectivity index (χ3v) is 5.56. The number of rotatable bonds is 6. The average molecular weight is 281 g/mol. The van der Waals surface area contributed by atoms with Crippen molar-refractivity contribution < 1.29 is 9.90 Å². The molecule has 1 saturated carbocycles. The first-order valence-corrected chi connectivity index (χ1v) is 8.65. The first kappa shape index (κ1) is 15.8. The van der Waals surface area contributed by atoms with Crippen molar-refractivity contribution in [2.75, 3.05) is 13.1 Å². The molecule has 1 heterocycles. The van der Waals surface area contributed by atoms with Crippen LogP contribution in [0.3, 0.4) is 0 Å². The lowest BCUT2D eigenvalue weighted by Crippen LogP contribution is -2.48. The van der Waals surface area contributed by atoms with Gasteiger partial charge in [0.1, 0.15) is 0 Å². The molecule has 0 spiro atoms. The lowest BCUT2D eigenvalue weighted by molar-refractivity contribution is -0.153. The molecule has 1 aliphatic carbocycles. The molecule has 2 rings (SSSR count). The summed E-state index contributed by atoms with van der Waals surface area (Å²) in [4.78, 5) is 14.3. The summed E-state index contributed by atoms with van der Waals surface area (Å²) in [7, 11) is 0. The molecule has 1 aliphatic heterocycles. The van der Waals surface area contributed by atoms with Gasteiger partial charge in [0.15, 0.2) is 0 Å². The van der Waals surface area contributed by atoms with E-state index < -0.39 is 11.4 Å². The number of piperidine rings is 1. The van der Waals surface area contributed by atoms with Gasteiger partial charge >= 0.3 is 5.97 Å². The van der Waals surface area contributed by atoms with E-state index in [0.29, 0.717) is 0 Å². The van der Waals surface area contributed by atoms with Gasteiger partial charge in [-0.15, -0.1) is 0 Å². The maximum absolute atomic E-state index is 11.7. The van der Waals surface area contributed by atoms with Crippen molar-refractivity contribution in [1.29, 1.82) is 0 Å². The summed E-state index contributed by atoms with van der Waals surface area (Å²) in [5, 5.41) is 9.67. The predicted molar refractivity (Wildman–Crippen MR) is 81.9 cm³/mol. The third-order valence-electron chi connectivity index (χ3n) is 5.56. The van der Waals surface area contributed by atoms with Gasteiger partial charge in [0.2, 0.25) is 0 Å². The van der Waals surface area contributed by atoms with E-state index in [1.165, 1.54) is 44.9 Å². The average Bonchev–Trinajstić information content (AvgIpc) is 2.49. The van der Waals surface area contributed by atoms with Crippen LogP contribution in [-0.2, 0) is 4.79 Å². The Kier molecular flexibility index (Phi) is 5.88. The van der Waals surface area contributed by atoms with Crippen LogP contribution in [0.1, 0.15) is 77.6 Å². The highest BCUT2D eigenvalue weighted by atomic mass is 16.4. The minimum atomic E-state index is -0.545. The highest BCUT2D eigenvalue weighted by molar-refractivity contribution is 5.74. The molecule has 116 valence electrons. The molecule has 1 saturated heterocycles. The molecule has 0 amide bonds. The molecule has 0 aromatic rings. The summed E-state index contributed by atoms with van der Waals surface area (Å²) in [6.07, 6.45) is 12.8. The van der Waals surface area contributed by atoms with Gasteiger partial charge in [-0.1, -0.05) is 45.4 Å². The number of carboxylic acid groups (broad SMARTS) is 1. The van der Waals surface area contributed by atoms with Gasteiger partial charge in [-0.3, -0.25) is 4.79 Å². The van der Waals surface area contributed by atoms with E-state index in [1.54, 1.807) is 0 Å². The largest absolute Gasteiger partial charge is 0.481 e. The first-order valence-electron chi connectivity index (χ1n) is 8.65. The van der Waals surface area contributed by atoms with E-state index in [0.717, 1.165) is 44.8 Å². The Morgan fingerprint density at radius 2 is 1.80 bits per heavy atom. The summed E-state index contributed by atoms with van der Waals surface area (Å²) >= 11 is 0. The number of hydrogen-bond acceptors (Lipinski definition) is 2. The molecule has 20 heavy (non-hydrogen) atoms. The number of carboxylic acids is 1. The number of aliphatic carboxylic acids is 1. The maximum atomic E-state index is 11.7. The van der Waals surface area contributed by atoms with Crippen molar-refractivity contribution in [3.63, 3.8) is 0 Å². The monoisotopic (exact) mass is 281 g/mol. The predicted octanol–water partition coefficient (Wildman–Crippen LogP) is 4.07. The molecule has 1 N–H and O–H groups in total. The van der Waals surface area contributed by atoms with Gasteiger partial charge in [0, 0.05) is 6.04 Å². The van der Waals surface area contributed by atoms with Crippen LogP contribution in [-0.4, -0.2) is 35.1 Å². The molecule has 0 aromatic heterocycles. The number of carbonyl (C=O) groups is 1. The molecule has 0 atom stereocenters. The molecule has 3 heteroatoms. The molecular formula is C17H31NO2. The fourth-order valence-electron chi connectivity index (χ4n) is 4.05. The zero-order valence-electron chi connectivity index (χ0n) is 13.1. The molecule has 0 unspecified atom stereocenters. The van der Waals surface area contributed by atoms with Crippen LogP contribution in [0.2, 0.25) is 0 Å². The molecule has 2 fully saturated rings. The molecule has 3 nitrogen and oxygen atoms in total. The molecule has 0 aromatic carbocycles. The maximum Gasteiger partial charge on any atom is 0.309 e. The van der Waals surface area contributed by atoms with Gasteiger partial charge < -0.3 is 10.0 Å². The highest BCUT2D eigenvalue weighted by Gasteiger charge is 2.41. The van der Waals surface area contributed by atoms with Crippen molar-refractivity contribution in [3.8, 4) is 0 Å². The summed E-state index contributed by atoms with van der Waals surface area (Å²) in [5.74, 6) is -0.545. The van der Waals surface area contributed by atoms with Crippen LogP contribution >= 0.6 is 0 Å². The van der Waals surface area contributed by atoms with Gasteiger partial charge in [-0.25, -0.2) is 0 Å². The summed E-state index contributed by atoms with van der Waals surface area (Å²) in [6, 6.07) is 0.742. The Balaban J connectivity index is 1.86. The van der Waals surface area contributed by atoms with Crippen LogP contribution in [0.15, 0.2) is 0 Å². The van der Waals surface area contributed by atoms with Crippen molar-refractivity contribution in [1.82, 2.24) is 4.90 Å². The highest BCUT2D eigenvalue weighted by Crippen LogP contribution is 2.39. The van der Waals surface area contributed by atoms with Gasteiger partial charge in [-0.05, 0) is 45.2 Å².